The van der Waals surface area contributed by atoms with Crippen LogP contribution in [0, 0.1) is 0 Å². The quantitative estimate of drug-likeness (QED) is 0.140. The summed E-state index contributed by atoms with van der Waals surface area (Å²) in [7, 11) is 0. The molecule has 1 aliphatic carbocycles. The smallest absolute Gasteiger partial charge is 0.0468 e. The molecule has 0 N–H and O–H groups in total. The molecule has 0 spiro atoms. The molecule has 0 fully saturated rings. The first-order chi connectivity index (χ1) is 31.5. The van der Waals surface area contributed by atoms with Crippen molar-refractivity contribution in [2.24, 2.45) is 0 Å². The second-order valence-corrected chi connectivity index (χ2v) is 17.3. The van der Waals surface area contributed by atoms with Crippen LogP contribution in [0.15, 0.2) is 249 Å². The van der Waals surface area contributed by atoms with Gasteiger partial charge in [0.2, 0.25) is 0 Å². The van der Waals surface area contributed by atoms with Crippen LogP contribution in [0.4, 0.5) is 17.1 Å². The molecule has 1 heteroatoms. The van der Waals surface area contributed by atoms with Crippen molar-refractivity contribution in [3.63, 3.8) is 0 Å². The van der Waals surface area contributed by atoms with Crippen LogP contribution in [0.5, 0.6) is 0 Å². The van der Waals surface area contributed by atoms with E-state index in [9.17, 15) is 0 Å². The van der Waals surface area contributed by atoms with E-state index in [2.05, 4.69) is 267 Å². The Labute approximate surface area is 377 Å². The van der Waals surface area contributed by atoms with Gasteiger partial charge in [-0.15, -0.1) is 0 Å². The van der Waals surface area contributed by atoms with Crippen molar-refractivity contribution in [3.8, 4) is 77.9 Å². The zero-order valence-corrected chi connectivity index (χ0v) is 36.1. The molecule has 304 valence electrons. The Morgan fingerprint density at radius 3 is 1.00 bits per heavy atom. The Balaban J connectivity index is 1.09. The molecular weight excluding hydrogens is 771 g/mol. The standard InChI is InChI=1S/C63H47N/c1-63(2)61-26-16-15-25-57(61)58-40-37-54(43-62(58)63)64(52-35-38-55(59(41-52)48-21-11-5-12-22-48)50-31-27-46(28-32-50)44-17-7-3-8-18-44)53-36-39-56(60(42-53)49-23-13-6-14-24-49)51-33-29-47(30-34-51)45-19-9-4-10-20-45/h3-43H,1-2H3. The summed E-state index contributed by atoms with van der Waals surface area (Å²) in [5.41, 5.74) is 22.8. The van der Waals surface area contributed by atoms with Crippen LogP contribution in [0.1, 0.15) is 25.0 Å². The fourth-order valence-corrected chi connectivity index (χ4v) is 9.78. The molecule has 0 amide bonds. The molecule has 10 aromatic rings. The van der Waals surface area contributed by atoms with E-state index >= 15 is 0 Å². The van der Waals surface area contributed by atoms with Gasteiger partial charge in [-0.05, 0) is 125 Å². The van der Waals surface area contributed by atoms with Crippen LogP contribution in [0.2, 0.25) is 0 Å². The van der Waals surface area contributed by atoms with E-state index < -0.39 is 0 Å². The average Bonchev–Trinajstić information content (AvgIpc) is 3.60. The summed E-state index contributed by atoms with van der Waals surface area (Å²) in [5.74, 6) is 0. The van der Waals surface area contributed by atoms with Crippen LogP contribution >= 0.6 is 0 Å². The van der Waals surface area contributed by atoms with Gasteiger partial charge < -0.3 is 4.90 Å². The lowest BCUT2D eigenvalue weighted by atomic mass is 9.82. The highest BCUT2D eigenvalue weighted by Gasteiger charge is 2.36. The zero-order valence-electron chi connectivity index (χ0n) is 36.1. The molecule has 0 unspecified atom stereocenters. The van der Waals surface area contributed by atoms with Crippen LogP contribution in [0.25, 0.3) is 77.9 Å². The van der Waals surface area contributed by atoms with Gasteiger partial charge >= 0.3 is 0 Å². The van der Waals surface area contributed by atoms with E-state index in [4.69, 9.17) is 0 Å². The van der Waals surface area contributed by atoms with Gasteiger partial charge in [0.25, 0.3) is 0 Å². The number of nitrogens with zero attached hydrogens (tertiary/aromatic N) is 1. The van der Waals surface area contributed by atoms with Gasteiger partial charge in [0.1, 0.15) is 0 Å². The summed E-state index contributed by atoms with van der Waals surface area (Å²) < 4.78 is 0. The van der Waals surface area contributed by atoms with Crippen LogP contribution in [-0.4, -0.2) is 0 Å². The lowest BCUT2D eigenvalue weighted by Crippen LogP contribution is -2.16. The first kappa shape index (κ1) is 38.9. The lowest BCUT2D eigenvalue weighted by molar-refractivity contribution is 0.660. The molecule has 1 aliphatic rings. The molecule has 10 aromatic carbocycles. The summed E-state index contributed by atoms with van der Waals surface area (Å²) in [6.45, 7) is 4.73. The largest absolute Gasteiger partial charge is 0.310 e. The van der Waals surface area contributed by atoms with E-state index in [-0.39, 0.29) is 5.41 Å². The molecule has 0 saturated carbocycles. The monoisotopic (exact) mass is 817 g/mol. The van der Waals surface area contributed by atoms with Crippen molar-refractivity contribution >= 4 is 17.1 Å². The van der Waals surface area contributed by atoms with Gasteiger partial charge in [0.15, 0.2) is 0 Å². The van der Waals surface area contributed by atoms with Crippen LogP contribution in [-0.2, 0) is 5.41 Å². The van der Waals surface area contributed by atoms with E-state index in [0.717, 1.165) is 17.1 Å². The summed E-state index contributed by atoms with van der Waals surface area (Å²) in [4.78, 5) is 2.46. The Morgan fingerprint density at radius 2 is 0.547 bits per heavy atom. The maximum Gasteiger partial charge on any atom is 0.0468 e. The first-order valence-electron chi connectivity index (χ1n) is 22.2. The number of benzene rings is 10. The maximum atomic E-state index is 2.46. The Kier molecular flexibility index (Phi) is 9.94. The lowest BCUT2D eigenvalue weighted by Gasteiger charge is -2.30. The van der Waals surface area contributed by atoms with E-state index in [1.54, 1.807) is 0 Å². The molecule has 0 aliphatic heterocycles. The SMILES string of the molecule is CC1(C)c2ccccc2-c2ccc(N(c3ccc(-c4ccc(-c5ccccc5)cc4)c(-c4ccccc4)c3)c3ccc(-c4ccc(-c5ccccc5)cc4)c(-c4ccccc4)c3)cc21. The van der Waals surface area contributed by atoms with Crippen molar-refractivity contribution in [1.29, 1.82) is 0 Å². The highest BCUT2D eigenvalue weighted by molar-refractivity contribution is 5.93. The Morgan fingerprint density at radius 1 is 0.234 bits per heavy atom. The minimum Gasteiger partial charge on any atom is -0.310 e. The maximum absolute atomic E-state index is 2.46. The third kappa shape index (κ3) is 7.12. The van der Waals surface area contributed by atoms with Gasteiger partial charge in [-0.2, -0.15) is 0 Å². The normalized spacial score (nSPS) is 12.3. The molecule has 1 nitrogen and oxygen atoms in total. The third-order valence-corrected chi connectivity index (χ3v) is 13.1. The van der Waals surface area contributed by atoms with Crippen molar-refractivity contribution < 1.29 is 0 Å². The molecule has 11 rings (SSSR count). The van der Waals surface area contributed by atoms with Crippen molar-refractivity contribution in [3.05, 3.63) is 260 Å². The second-order valence-electron chi connectivity index (χ2n) is 17.3. The molecule has 0 saturated heterocycles. The minimum absolute atomic E-state index is 0.149. The number of rotatable bonds is 9. The highest BCUT2D eigenvalue weighted by atomic mass is 15.1. The molecule has 0 atom stereocenters. The number of hydrogen-bond acceptors (Lipinski definition) is 1. The van der Waals surface area contributed by atoms with Crippen molar-refractivity contribution in [1.82, 2.24) is 0 Å². The van der Waals surface area contributed by atoms with Crippen LogP contribution in [0.3, 0.4) is 0 Å². The van der Waals surface area contributed by atoms with Gasteiger partial charge in [0, 0.05) is 22.5 Å². The molecular formula is C63H47N. The molecule has 0 heterocycles. The van der Waals surface area contributed by atoms with E-state index in [1.807, 2.05) is 0 Å². The third-order valence-electron chi connectivity index (χ3n) is 13.1. The number of fused-ring (bicyclic) bond motifs is 3. The second kappa shape index (κ2) is 16.4. The van der Waals surface area contributed by atoms with Gasteiger partial charge in [-0.3, -0.25) is 0 Å². The summed E-state index contributed by atoms with van der Waals surface area (Å²) in [5, 5.41) is 0. The number of hydrogen-bond donors (Lipinski definition) is 0. The highest BCUT2D eigenvalue weighted by Crippen LogP contribution is 2.51. The summed E-state index contributed by atoms with van der Waals surface area (Å²) >= 11 is 0. The predicted molar refractivity (Wildman–Crippen MR) is 271 cm³/mol. The van der Waals surface area contributed by atoms with Gasteiger partial charge in [-0.25, -0.2) is 0 Å². The molecule has 0 bridgehead atoms. The first-order valence-corrected chi connectivity index (χ1v) is 22.2. The summed E-state index contributed by atoms with van der Waals surface area (Å²) in [6, 6.07) is 90.9. The van der Waals surface area contributed by atoms with Crippen molar-refractivity contribution in [2.45, 2.75) is 19.3 Å². The topological polar surface area (TPSA) is 3.24 Å². The fourth-order valence-electron chi connectivity index (χ4n) is 9.78. The zero-order chi connectivity index (χ0) is 43.0. The minimum atomic E-state index is -0.149. The average molecular weight is 818 g/mol. The van der Waals surface area contributed by atoms with Gasteiger partial charge in [-0.1, -0.05) is 226 Å². The van der Waals surface area contributed by atoms with E-state index in [0.29, 0.717) is 0 Å². The van der Waals surface area contributed by atoms with Gasteiger partial charge in [0.05, 0.1) is 0 Å². The van der Waals surface area contributed by atoms with E-state index in [1.165, 1.54) is 89.0 Å². The number of anilines is 3. The van der Waals surface area contributed by atoms with Crippen LogP contribution < -0.4 is 4.90 Å². The predicted octanol–water partition coefficient (Wildman–Crippen LogP) is 17.5. The molecule has 0 aromatic heterocycles. The Hall–Kier alpha value is -8.00. The molecule has 0 radical (unpaired) electrons. The fraction of sp³-hybridized carbons (Fsp3) is 0.0476. The van der Waals surface area contributed by atoms with Crippen molar-refractivity contribution in [2.75, 3.05) is 4.90 Å². The summed E-state index contributed by atoms with van der Waals surface area (Å²) in [6.07, 6.45) is 0. The molecule has 64 heavy (non-hydrogen) atoms. The Bertz CT molecular complexity index is 3070.